The van der Waals surface area contributed by atoms with E-state index in [-0.39, 0.29) is 29.8 Å². The Morgan fingerprint density at radius 3 is 2.39 bits per heavy atom. The predicted molar refractivity (Wildman–Crippen MR) is 184 cm³/mol. The summed E-state index contributed by atoms with van der Waals surface area (Å²) in [6, 6.07) is 14.1. The number of likely N-dealkylation sites (tertiary alicyclic amines) is 1. The molecule has 0 aliphatic carbocycles. The molecule has 4 aromatic rings. The van der Waals surface area contributed by atoms with Crippen molar-refractivity contribution in [1.29, 1.82) is 5.26 Å². The van der Waals surface area contributed by atoms with Crippen molar-refractivity contribution < 1.29 is 19.1 Å². The van der Waals surface area contributed by atoms with E-state index in [1.165, 1.54) is 11.1 Å². The average Bonchev–Trinajstić information content (AvgIpc) is 3.63. The molecule has 2 saturated heterocycles. The monoisotopic (exact) mass is 663 g/mol. The van der Waals surface area contributed by atoms with Crippen LogP contribution in [0.3, 0.4) is 0 Å². The number of aromatic nitrogens is 4. The number of nitrogens with one attached hydrogen (secondary N) is 2. The third-order valence-corrected chi connectivity index (χ3v) is 8.86. The number of carbonyl (C=O) groups is 3. The van der Waals surface area contributed by atoms with Gasteiger partial charge in [0.2, 0.25) is 5.95 Å². The predicted octanol–water partition coefficient (Wildman–Crippen LogP) is 4.35. The largest absolute Gasteiger partial charge is 0.458 e. The Morgan fingerprint density at radius 1 is 1.02 bits per heavy atom. The van der Waals surface area contributed by atoms with E-state index >= 15 is 0 Å². The number of pyridine rings is 1. The summed E-state index contributed by atoms with van der Waals surface area (Å²) in [6.07, 6.45) is 4.79. The Balaban J connectivity index is 1.27. The van der Waals surface area contributed by atoms with Crippen molar-refractivity contribution in [2.45, 2.75) is 76.6 Å². The van der Waals surface area contributed by atoms with Gasteiger partial charge >= 0.3 is 5.97 Å². The molecule has 13 nitrogen and oxygen atoms in total. The number of ether oxygens (including phenoxy) is 1. The van der Waals surface area contributed by atoms with Gasteiger partial charge < -0.3 is 25.2 Å². The van der Waals surface area contributed by atoms with E-state index in [0.717, 1.165) is 18.4 Å². The number of hydrogen-bond donors (Lipinski definition) is 2. The first-order valence-corrected chi connectivity index (χ1v) is 16.3. The minimum Gasteiger partial charge on any atom is -0.458 e. The van der Waals surface area contributed by atoms with Crippen molar-refractivity contribution in [3.63, 3.8) is 0 Å². The molecule has 3 atom stereocenters. The zero-order valence-corrected chi connectivity index (χ0v) is 28.8. The molecule has 2 aliphatic heterocycles. The fourth-order valence-corrected chi connectivity index (χ4v) is 6.34. The van der Waals surface area contributed by atoms with Gasteiger partial charge in [-0.15, -0.1) is 0 Å². The molecule has 0 saturated carbocycles. The van der Waals surface area contributed by atoms with Gasteiger partial charge in [-0.3, -0.25) is 14.2 Å². The molecule has 254 valence electrons. The van der Waals surface area contributed by atoms with Crippen LogP contribution in [-0.4, -0.2) is 91.5 Å². The first-order chi connectivity index (χ1) is 23.1. The highest BCUT2D eigenvalue weighted by molar-refractivity contribution is 5.99. The van der Waals surface area contributed by atoms with E-state index in [4.69, 9.17) is 9.72 Å². The van der Waals surface area contributed by atoms with Gasteiger partial charge in [0.1, 0.15) is 23.2 Å². The molecular weight excluding hydrogens is 622 g/mol. The molecule has 6 rings (SSSR count). The van der Waals surface area contributed by atoms with E-state index in [1.807, 2.05) is 58.9 Å². The van der Waals surface area contributed by atoms with E-state index in [0.29, 0.717) is 40.3 Å². The minimum atomic E-state index is -0.724. The van der Waals surface area contributed by atoms with Crippen LogP contribution < -0.4 is 10.6 Å². The number of amides is 2. The van der Waals surface area contributed by atoms with E-state index in [1.54, 1.807) is 48.0 Å². The molecule has 2 N–H and O–H groups in total. The van der Waals surface area contributed by atoms with E-state index in [9.17, 15) is 19.6 Å². The molecule has 2 bridgehead atoms. The van der Waals surface area contributed by atoms with Gasteiger partial charge in [-0.2, -0.15) is 10.2 Å². The summed E-state index contributed by atoms with van der Waals surface area (Å²) < 4.78 is 7.47. The number of anilines is 2. The average molecular weight is 664 g/mol. The number of hydrogen-bond acceptors (Lipinski definition) is 10. The molecule has 1 aromatic carbocycles. The lowest BCUT2D eigenvalue weighted by Gasteiger charge is -2.40. The lowest BCUT2D eigenvalue weighted by molar-refractivity contribution is -0.162. The highest BCUT2D eigenvalue weighted by Gasteiger charge is 2.47. The van der Waals surface area contributed by atoms with Crippen LogP contribution in [0.25, 0.3) is 16.7 Å². The molecule has 13 heteroatoms. The Kier molecular flexibility index (Phi) is 8.62. The van der Waals surface area contributed by atoms with Crippen molar-refractivity contribution in [2.24, 2.45) is 0 Å². The SMILES string of the molecule is CN(C)C(=O)c1cc2cnc(Nc3ccc(C(=O)N4CC5CCC(N5)C4C(=O)OC(C)(C)C)cn3)nc2n1-c1ccc(C(C)(C)C#N)cc1. The van der Waals surface area contributed by atoms with Crippen LogP contribution in [0.15, 0.2) is 54.9 Å². The Labute approximate surface area is 285 Å². The highest BCUT2D eigenvalue weighted by atomic mass is 16.6. The molecule has 49 heavy (non-hydrogen) atoms. The number of nitrogens with zero attached hydrogens (tertiary/aromatic N) is 7. The number of piperazine rings is 1. The lowest BCUT2D eigenvalue weighted by atomic mass is 9.86. The summed E-state index contributed by atoms with van der Waals surface area (Å²) in [5.74, 6) is -0.257. The maximum absolute atomic E-state index is 13.7. The Bertz CT molecular complexity index is 1950. The van der Waals surface area contributed by atoms with Crippen LogP contribution in [-0.2, 0) is 14.9 Å². The van der Waals surface area contributed by atoms with Gasteiger partial charge in [-0.25, -0.2) is 14.8 Å². The number of esters is 1. The maximum atomic E-state index is 13.7. The summed E-state index contributed by atoms with van der Waals surface area (Å²) in [7, 11) is 3.37. The van der Waals surface area contributed by atoms with Gasteiger partial charge in [0.05, 0.1) is 17.0 Å². The smallest absolute Gasteiger partial charge is 0.331 e. The second-order valence-electron chi connectivity index (χ2n) is 14.4. The lowest BCUT2D eigenvalue weighted by Crippen LogP contribution is -2.63. The van der Waals surface area contributed by atoms with Crippen molar-refractivity contribution in [2.75, 3.05) is 26.0 Å². The van der Waals surface area contributed by atoms with Crippen LogP contribution in [0.1, 0.15) is 73.9 Å². The molecule has 2 amide bonds. The van der Waals surface area contributed by atoms with Crippen molar-refractivity contribution >= 4 is 40.6 Å². The molecule has 3 aromatic heterocycles. The Morgan fingerprint density at radius 2 is 1.76 bits per heavy atom. The second-order valence-corrected chi connectivity index (χ2v) is 14.4. The molecule has 5 heterocycles. The van der Waals surface area contributed by atoms with Crippen molar-refractivity contribution in [3.05, 3.63) is 71.7 Å². The molecule has 0 radical (unpaired) electrons. The Hall–Kier alpha value is -5.35. The number of carbonyl (C=O) groups excluding carboxylic acids is 3. The van der Waals surface area contributed by atoms with E-state index in [2.05, 4.69) is 26.7 Å². The van der Waals surface area contributed by atoms with Crippen LogP contribution in [0.4, 0.5) is 11.8 Å². The third-order valence-electron chi connectivity index (χ3n) is 8.86. The first kappa shape index (κ1) is 33.5. The van der Waals surface area contributed by atoms with Gasteiger partial charge in [-0.05, 0) is 83.4 Å². The fraction of sp³-hybridized carbons (Fsp3) is 0.417. The van der Waals surface area contributed by atoms with E-state index < -0.39 is 23.0 Å². The highest BCUT2D eigenvalue weighted by Crippen LogP contribution is 2.30. The van der Waals surface area contributed by atoms with Gasteiger partial charge in [-0.1, -0.05) is 12.1 Å². The zero-order chi connectivity index (χ0) is 35.2. The molecule has 2 fully saturated rings. The summed E-state index contributed by atoms with van der Waals surface area (Å²) >= 11 is 0. The third kappa shape index (κ3) is 6.69. The fourth-order valence-electron chi connectivity index (χ4n) is 6.34. The summed E-state index contributed by atoms with van der Waals surface area (Å²) in [6.45, 7) is 9.56. The summed E-state index contributed by atoms with van der Waals surface area (Å²) in [5.41, 5.74) is 1.47. The number of nitriles is 1. The molecule has 2 aliphatic rings. The summed E-state index contributed by atoms with van der Waals surface area (Å²) in [4.78, 5) is 57.0. The normalized spacial score (nSPS) is 19.0. The quantitative estimate of drug-likeness (QED) is 0.272. The first-order valence-electron chi connectivity index (χ1n) is 16.3. The zero-order valence-electron chi connectivity index (χ0n) is 28.8. The minimum absolute atomic E-state index is 0.128. The van der Waals surface area contributed by atoms with Crippen molar-refractivity contribution in [1.82, 2.24) is 34.6 Å². The van der Waals surface area contributed by atoms with Gasteiger partial charge in [0.15, 0.2) is 5.65 Å². The molecular formula is C36H41N9O4. The van der Waals surface area contributed by atoms with Gasteiger partial charge in [0, 0.05) is 56.2 Å². The number of benzene rings is 1. The standard InChI is InChI=1S/C36H41N9O4/c1-35(2,3)49-33(48)29-26-14-11-24(40-26)19-44(29)31(46)21-8-15-28(38-17-21)41-34-39-18-22-16-27(32(47)43(6)7)45(30(22)42-34)25-12-9-23(10-13-25)36(4,5)20-37/h8-10,12-13,15-18,24,26,29,40H,11,14,19H2,1-7H3,(H,38,39,41,42). The van der Waals surface area contributed by atoms with Crippen molar-refractivity contribution in [3.8, 4) is 11.8 Å². The molecule has 3 unspecified atom stereocenters. The van der Waals surface area contributed by atoms with Crippen LogP contribution in [0.5, 0.6) is 0 Å². The maximum Gasteiger partial charge on any atom is 0.331 e. The van der Waals surface area contributed by atoms with Gasteiger partial charge in [0.25, 0.3) is 11.8 Å². The second kappa shape index (κ2) is 12.6. The van der Waals surface area contributed by atoms with Crippen LogP contribution >= 0.6 is 0 Å². The van der Waals surface area contributed by atoms with Crippen LogP contribution in [0.2, 0.25) is 0 Å². The summed E-state index contributed by atoms with van der Waals surface area (Å²) in [5, 5.41) is 16.8. The molecule has 0 spiro atoms. The van der Waals surface area contributed by atoms with Crippen LogP contribution in [0, 0.1) is 11.3 Å². The number of fused-ring (bicyclic) bond motifs is 3. The number of rotatable bonds is 7. The topological polar surface area (TPSA) is 158 Å².